The van der Waals surface area contributed by atoms with E-state index in [2.05, 4.69) is 10.5 Å². The number of hydrogen-bond acceptors (Lipinski definition) is 4. The summed E-state index contributed by atoms with van der Waals surface area (Å²) in [6.07, 6.45) is 2.84. The minimum Gasteiger partial charge on any atom is -0.378 e. The van der Waals surface area contributed by atoms with Crippen molar-refractivity contribution in [2.45, 2.75) is 12.8 Å². The summed E-state index contributed by atoms with van der Waals surface area (Å²) in [5.74, 6) is -0.358. The number of anilines is 1. The second-order valence-corrected chi connectivity index (χ2v) is 7.67. The molecule has 7 heteroatoms. The number of piperidine rings is 1. The van der Waals surface area contributed by atoms with Crippen molar-refractivity contribution in [2.75, 3.05) is 32.1 Å². The van der Waals surface area contributed by atoms with Crippen molar-refractivity contribution in [1.29, 1.82) is 0 Å². The van der Waals surface area contributed by atoms with Gasteiger partial charge in [0.25, 0.3) is 5.91 Å². The van der Waals surface area contributed by atoms with E-state index < -0.39 is 0 Å². The molecule has 6 nitrogen and oxygen atoms in total. The van der Waals surface area contributed by atoms with E-state index in [-0.39, 0.29) is 17.7 Å². The molecule has 1 fully saturated rings. The van der Waals surface area contributed by atoms with Crippen molar-refractivity contribution in [2.24, 2.45) is 11.0 Å². The van der Waals surface area contributed by atoms with Crippen LogP contribution in [0.1, 0.15) is 28.8 Å². The van der Waals surface area contributed by atoms with Crippen molar-refractivity contribution >= 4 is 35.3 Å². The number of hydrogen-bond donors (Lipinski definition) is 1. The molecule has 0 aromatic heterocycles. The lowest BCUT2D eigenvalue weighted by Gasteiger charge is -2.31. The molecule has 2 aromatic carbocycles. The van der Waals surface area contributed by atoms with Crippen LogP contribution in [0.4, 0.5) is 5.69 Å². The van der Waals surface area contributed by atoms with Gasteiger partial charge in [-0.2, -0.15) is 5.10 Å². The monoisotopic (exact) mass is 412 g/mol. The summed E-state index contributed by atoms with van der Waals surface area (Å²) in [5, 5.41) is 4.52. The van der Waals surface area contributed by atoms with Crippen LogP contribution in [0.5, 0.6) is 0 Å². The van der Waals surface area contributed by atoms with Crippen LogP contribution in [0.2, 0.25) is 5.02 Å². The smallest absolute Gasteiger partial charge is 0.255 e. The van der Waals surface area contributed by atoms with Crippen molar-refractivity contribution in [3.05, 3.63) is 64.7 Å². The number of hydrazone groups is 1. The maximum absolute atomic E-state index is 12.6. The molecule has 1 saturated heterocycles. The zero-order chi connectivity index (χ0) is 20.8. The number of amides is 2. The third-order valence-electron chi connectivity index (χ3n) is 5.06. The summed E-state index contributed by atoms with van der Waals surface area (Å²) >= 11 is 6.12. The Hall–Kier alpha value is -2.86. The van der Waals surface area contributed by atoms with Gasteiger partial charge in [-0.25, -0.2) is 5.43 Å². The molecule has 0 aliphatic carbocycles. The molecule has 152 valence electrons. The van der Waals surface area contributed by atoms with Crippen LogP contribution < -0.4 is 10.3 Å². The number of benzene rings is 2. The van der Waals surface area contributed by atoms with Crippen LogP contribution in [0.25, 0.3) is 0 Å². The molecule has 0 unspecified atom stereocenters. The molecular formula is C22H25ClN4O2. The Bertz CT molecular complexity index is 888. The quantitative estimate of drug-likeness (QED) is 0.604. The SMILES string of the molecule is CN(C)c1ccc(/C=N\NC(=O)C2CCN(C(=O)c3ccccc3Cl)CC2)cc1. The lowest BCUT2D eigenvalue weighted by Crippen LogP contribution is -2.42. The Morgan fingerprint density at radius 2 is 1.76 bits per heavy atom. The fraction of sp³-hybridized carbons (Fsp3) is 0.318. The number of carbonyl (C=O) groups excluding carboxylic acids is 2. The fourth-order valence-electron chi connectivity index (χ4n) is 3.27. The average molecular weight is 413 g/mol. The molecule has 1 heterocycles. The van der Waals surface area contributed by atoms with Gasteiger partial charge in [-0.1, -0.05) is 35.9 Å². The third kappa shape index (κ3) is 5.35. The van der Waals surface area contributed by atoms with Crippen molar-refractivity contribution in [1.82, 2.24) is 10.3 Å². The molecule has 1 N–H and O–H groups in total. The minimum absolute atomic E-state index is 0.0892. The molecule has 29 heavy (non-hydrogen) atoms. The van der Waals surface area contributed by atoms with Gasteiger partial charge >= 0.3 is 0 Å². The first-order valence-corrected chi connectivity index (χ1v) is 9.97. The summed E-state index contributed by atoms with van der Waals surface area (Å²) < 4.78 is 0. The molecular weight excluding hydrogens is 388 g/mol. The number of carbonyl (C=O) groups is 2. The highest BCUT2D eigenvalue weighted by atomic mass is 35.5. The van der Waals surface area contributed by atoms with E-state index in [4.69, 9.17) is 11.6 Å². The molecule has 2 aromatic rings. The number of likely N-dealkylation sites (tertiary alicyclic amines) is 1. The minimum atomic E-state index is -0.154. The molecule has 0 saturated carbocycles. The van der Waals surface area contributed by atoms with Gasteiger partial charge in [0.15, 0.2) is 0 Å². The number of halogens is 1. The number of nitrogens with one attached hydrogen (secondary N) is 1. The predicted molar refractivity (Wildman–Crippen MR) is 117 cm³/mol. The highest BCUT2D eigenvalue weighted by molar-refractivity contribution is 6.33. The van der Waals surface area contributed by atoms with Gasteiger partial charge in [0, 0.05) is 38.8 Å². The lowest BCUT2D eigenvalue weighted by atomic mass is 9.95. The summed E-state index contributed by atoms with van der Waals surface area (Å²) in [7, 11) is 3.97. The zero-order valence-corrected chi connectivity index (χ0v) is 17.4. The first-order chi connectivity index (χ1) is 14.0. The average Bonchev–Trinajstić information content (AvgIpc) is 2.74. The standard InChI is InChI=1S/C22H25ClN4O2/c1-26(2)18-9-7-16(8-10-18)15-24-25-21(28)17-11-13-27(14-12-17)22(29)19-5-3-4-6-20(19)23/h3-10,15,17H,11-14H2,1-2H3,(H,25,28)/b24-15-. The molecule has 3 rings (SSSR count). The van der Waals surface area contributed by atoms with E-state index in [0.717, 1.165) is 11.3 Å². The third-order valence-corrected chi connectivity index (χ3v) is 5.38. The summed E-state index contributed by atoms with van der Waals surface area (Å²) in [6, 6.07) is 14.9. The van der Waals surface area contributed by atoms with Crippen LogP contribution in [0, 0.1) is 5.92 Å². The second kappa shape index (κ2) is 9.56. The van der Waals surface area contributed by atoms with Gasteiger partial charge in [0.2, 0.25) is 5.91 Å². The first-order valence-electron chi connectivity index (χ1n) is 9.60. The van der Waals surface area contributed by atoms with E-state index in [0.29, 0.717) is 36.5 Å². The Labute approximate surface area is 176 Å². The highest BCUT2D eigenvalue weighted by Gasteiger charge is 2.28. The maximum Gasteiger partial charge on any atom is 0.255 e. The number of nitrogens with zero attached hydrogens (tertiary/aromatic N) is 3. The van der Waals surface area contributed by atoms with Gasteiger partial charge in [-0.05, 0) is 42.7 Å². The van der Waals surface area contributed by atoms with Crippen LogP contribution in [-0.4, -0.2) is 50.1 Å². The van der Waals surface area contributed by atoms with E-state index in [1.54, 1.807) is 35.4 Å². The van der Waals surface area contributed by atoms with Crippen molar-refractivity contribution in [3.63, 3.8) is 0 Å². The molecule has 1 aliphatic heterocycles. The van der Waals surface area contributed by atoms with Gasteiger partial charge in [0.1, 0.15) is 0 Å². The maximum atomic E-state index is 12.6. The molecule has 0 radical (unpaired) electrons. The van der Waals surface area contributed by atoms with E-state index in [1.165, 1.54) is 0 Å². The van der Waals surface area contributed by atoms with Crippen LogP contribution in [-0.2, 0) is 4.79 Å². The Morgan fingerprint density at radius 1 is 1.10 bits per heavy atom. The van der Waals surface area contributed by atoms with E-state index >= 15 is 0 Å². The van der Waals surface area contributed by atoms with E-state index in [9.17, 15) is 9.59 Å². The first kappa shape index (κ1) is 20.9. The molecule has 0 atom stereocenters. The number of rotatable bonds is 5. The van der Waals surface area contributed by atoms with Gasteiger partial charge in [-0.3, -0.25) is 9.59 Å². The normalized spacial score (nSPS) is 14.8. The molecule has 0 bridgehead atoms. The van der Waals surface area contributed by atoms with Crippen molar-refractivity contribution in [3.8, 4) is 0 Å². The lowest BCUT2D eigenvalue weighted by molar-refractivity contribution is -0.126. The summed E-state index contributed by atoms with van der Waals surface area (Å²) in [5.41, 5.74) is 5.13. The van der Waals surface area contributed by atoms with Gasteiger partial charge < -0.3 is 9.80 Å². The fourth-order valence-corrected chi connectivity index (χ4v) is 3.49. The predicted octanol–water partition coefficient (Wildman–Crippen LogP) is 3.41. The topological polar surface area (TPSA) is 65.0 Å². The van der Waals surface area contributed by atoms with Crippen LogP contribution >= 0.6 is 11.6 Å². The second-order valence-electron chi connectivity index (χ2n) is 7.27. The Balaban J connectivity index is 1.48. The largest absolute Gasteiger partial charge is 0.378 e. The molecule has 1 aliphatic rings. The highest BCUT2D eigenvalue weighted by Crippen LogP contribution is 2.22. The van der Waals surface area contributed by atoms with Gasteiger partial charge in [0.05, 0.1) is 16.8 Å². The van der Waals surface area contributed by atoms with E-state index in [1.807, 2.05) is 43.3 Å². The van der Waals surface area contributed by atoms with Crippen molar-refractivity contribution < 1.29 is 9.59 Å². The Morgan fingerprint density at radius 3 is 2.38 bits per heavy atom. The van der Waals surface area contributed by atoms with Gasteiger partial charge in [-0.15, -0.1) is 0 Å². The zero-order valence-electron chi connectivity index (χ0n) is 16.6. The Kier molecular flexibility index (Phi) is 6.88. The molecule has 2 amide bonds. The summed E-state index contributed by atoms with van der Waals surface area (Å²) in [4.78, 5) is 28.8. The van der Waals surface area contributed by atoms with Crippen LogP contribution in [0.3, 0.4) is 0 Å². The van der Waals surface area contributed by atoms with Crippen LogP contribution in [0.15, 0.2) is 53.6 Å². The summed E-state index contributed by atoms with van der Waals surface area (Å²) in [6.45, 7) is 1.05. The molecule has 0 spiro atoms.